The number of hydrogen-bond acceptors (Lipinski definition) is 6. The fraction of sp³-hybridized carbons (Fsp3) is 0.100. The number of aromatic hydroxyl groups is 2. The van der Waals surface area contributed by atoms with Crippen molar-refractivity contribution in [3.05, 3.63) is 29.8 Å². The van der Waals surface area contributed by atoms with Crippen LogP contribution in [0, 0.1) is 0 Å². The van der Waals surface area contributed by atoms with Gasteiger partial charge in [-0.1, -0.05) is 6.07 Å². The highest BCUT2D eigenvalue weighted by Crippen LogP contribution is 2.26. The maximum Gasteiger partial charge on any atom is 0.369 e. The van der Waals surface area contributed by atoms with Gasteiger partial charge in [0.1, 0.15) is 0 Å². The second kappa shape index (κ2) is 6.08. The predicted molar refractivity (Wildman–Crippen MR) is 60.9 cm³/mol. The lowest BCUT2D eigenvalue weighted by molar-refractivity contribution is -0.129. The first-order valence-corrected chi connectivity index (χ1v) is 5.75. The average Bonchev–Trinajstić information content (AvgIpc) is 2.30. The van der Waals surface area contributed by atoms with E-state index in [2.05, 4.69) is 9.05 Å². The normalized spacial score (nSPS) is 12.5. The molecule has 17 heavy (non-hydrogen) atoms. The number of benzene rings is 1. The van der Waals surface area contributed by atoms with Crippen molar-refractivity contribution < 1.29 is 28.6 Å². The van der Waals surface area contributed by atoms with Crippen molar-refractivity contribution >= 4 is 20.3 Å². The molecule has 0 heterocycles. The van der Waals surface area contributed by atoms with Crippen molar-refractivity contribution in [3.8, 4) is 11.5 Å². The summed E-state index contributed by atoms with van der Waals surface area (Å²) in [6.45, 7) is 0. The summed E-state index contributed by atoms with van der Waals surface area (Å²) in [5, 5.41) is 18.2. The van der Waals surface area contributed by atoms with Gasteiger partial charge in [-0.3, -0.25) is 0 Å². The number of carbonyl (C=O) groups is 1. The van der Waals surface area contributed by atoms with E-state index < -0.39 is 14.2 Å². The predicted octanol–water partition coefficient (Wildman–Crippen LogP) is 1.69. The highest BCUT2D eigenvalue weighted by Gasteiger charge is 2.03. The molecule has 1 atom stereocenters. The molecule has 1 aromatic carbocycles. The smallest absolute Gasteiger partial charge is 0.369 e. The van der Waals surface area contributed by atoms with Crippen molar-refractivity contribution in [3.63, 3.8) is 0 Å². The van der Waals surface area contributed by atoms with Gasteiger partial charge in [-0.15, -0.1) is 0 Å². The van der Waals surface area contributed by atoms with Gasteiger partial charge in [-0.05, 0) is 23.8 Å². The number of carbonyl (C=O) groups excluding carboxylic acids is 1. The van der Waals surface area contributed by atoms with Crippen LogP contribution in [0.15, 0.2) is 24.3 Å². The van der Waals surface area contributed by atoms with Crippen LogP contribution in [0.3, 0.4) is 0 Å². The van der Waals surface area contributed by atoms with Gasteiger partial charge in [0.25, 0.3) is 0 Å². The van der Waals surface area contributed by atoms with Crippen LogP contribution in [-0.2, 0) is 18.4 Å². The van der Waals surface area contributed by atoms with Crippen molar-refractivity contribution in [2.75, 3.05) is 7.11 Å². The molecule has 1 unspecified atom stereocenters. The van der Waals surface area contributed by atoms with Gasteiger partial charge in [0.15, 0.2) is 11.5 Å². The molecule has 0 spiro atoms. The number of phenols is 2. The van der Waals surface area contributed by atoms with Crippen LogP contribution in [-0.4, -0.2) is 23.3 Å². The molecule has 0 bridgehead atoms. The third-order valence-corrected chi connectivity index (χ3v) is 2.46. The van der Waals surface area contributed by atoms with Crippen LogP contribution in [0.4, 0.5) is 0 Å². The molecule has 1 rings (SSSR count). The molecule has 0 saturated carbocycles. The third-order valence-electron chi connectivity index (χ3n) is 1.76. The molecule has 0 aromatic heterocycles. The average molecular weight is 258 g/mol. The summed E-state index contributed by atoms with van der Waals surface area (Å²) in [7, 11) is -1.62. The van der Waals surface area contributed by atoms with Gasteiger partial charge < -0.3 is 19.3 Å². The Hall–Kier alpha value is -1.78. The van der Waals surface area contributed by atoms with E-state index in [9.17, 15) is 14.5 Å². The summed E-state index contributed by atoms with van der Waals surface area (Å²) in [6, 6.07) is 4.02. The topological polar surface area (TPSA) is 93.1 Å². The second-order valence-electron chi connectivity index (χ2n) is 2.96. The molecule has 1 aromatic rings. The highest BCUT2D eigenvalue weighted by molar-refractivity contribution is 7.34. The van der Waals surface area contributed by atoms with Gasteiger partial charge in [0.05, 0.1) is 0 Å². The van der Waals surface area contributed by atoms with E-state index in [1.807, 2.05) is 0 Å². The van der Waals surface area contributed by atoms with E-state index in [4.69, 9.17) is 5.11 Å². The molecule has 0 saturated heterocycles. The van der Waals surface area contributed by atoms with E-state index in [0.717, 1.165) is 13.2 Å². The van der Waals surface area contributed by atoms with Crippen molar-refractivity contribution in [1.29, 1.82) is 0 Å². The Bertz CT molecular complexity index is 468. The second-order valence-corrected chi connectivity index (χ2v) is 4.07. The van der Waals surface area contributed by atoms with E-state index >= 15 is 0 Å². The Kier molecular flexibility index (Phi) is 4.75. The summed E-state index contributed by atoms with van der Waals surface area (Å²) in [5.41, 5.74) is 0.481. The molecule has 2 N–H and O–H groups in total. The lowest BCUT2D eigenvalue weighted by Crippen LogP contribution is -1.92. The Morgan fingerprint density at radius 3 is 2.65 bits per heavy atom. The van der Waals surface area contributed by atoms with Crippen LogP contribution in [0.1, 0.15) is 5.56 Å². The van der Waals surface area contributed by atoms with Crippen molar-refractivity contribution in [1.82, 2.24) is 0 Å². The summed E-state index contributed by atoms with van der Waals surface area (Å²) < 4.78 is 19.4. The van der Waals surface area contributed by atoms with Gasteiger partial charge >= 0.3 is 14.2 Å². The van der Waals surface area contributed by atoms with Crippen LogP contribution in [0.25, 0.3) is 6.08 Å². The first-order valence-electron chi connectivity index (χ1n) is 4.52. The molecule has 7 heteroatoms. The van der Waals surface area contributed by atoms with E-state index in [-0.39, 0.29) is 11.5 Å². The fourth-order valence-corrected chi connectivity index (χ4v) is 1.28. The Morgan fingerprint density at radius 1 is 1.35 bits per heavy atom. The summed E-state index contributed by atoms with van der Waals surface area (Å²) >= 11 is 0. The first kappa shape index (κ1) is 13.3. The zero-order valence-corrected chi connectivity index (χ0v) is 9.91. The lowest BCUT2D eigenvalue weighted by Gasteiger charge is -1.99. The minimum Gasteiger partial charge on any atom is -0.504 e. The van der Waals surface area contributed by atoms with Gasteiger partial charge in [-0.25, -0.2) is 9.36 Å². The van der Waals surface area contributed by atoms with Crippen molar-refractivity contribution in [2.45, 2.75) is 0 Å². The molecule has 0 aliphatic heterocycles. The lowest BCUT2D eigenvalue weighted by atomic mass is 10.2. The highest BCUT2D eigenvalue weighted by atomic mass is 31.1. The van der Waals surface area contributed by atoms with Crippen molar-refractivity contribution in [2.24, 2.45) is 0 Å². The Labute approximate surface area is 98.1 Å². The Morgan fingerprint density at radius 2 is 2.06 bits per heavy atom. The molecule has 0 amide bonds. The SMILES string of the molecule is CO[PH](=O)OC(=O)C=Cc1ccc(O)c(O)c1. The minimum atomic E-state index is -2.79. The first-order chi connectivity index (χ1) is 8.02. The summed E-state index contributed by atoms with van der Waals surface area (Å²) in [4.78, 5) is 11.1. The zero-order chi connectivity index (χ0) is 12.8. The fourth-order valence-electron chi connectivity index (χ4n) is 0.966. The van der Waals surface area contributed by atoms with E-state index in [0.29, 0.717) is 5.56 Å². The maximum atomic E-state index is 11.1. The number of rotatable bonds is 4. The largest absolute Gasteiger partial charge is 0.504 e. The maximum absolute atomic E-state index is 11.1. The van der Waals surface area contributed by atoms with E-state index in [1.165, 1.54) is 24.3 Å². The Balaban J connectivity index is 2.67. The molecule has 6 nitrogen and oxygen atoms in total. The quantitative estimate of drug-likeness (QED) is 0.485. The molecular weight excluding hydrogens is 247 g/mol. The molecule has 0 aliphatic rings. The summed E-state index contributed by atoms with van der Waals surface area (Å²) in [6.07, 6.45) is 2.37. The van der Waals surface area contributed by atoms with E-state index in [1.54, 1.807) is 0 Å². The molecule has 0 fully saturated rings. The minimum absolute atomic E-state index is 0.255. The zero-order valence-electron chi connectivity index (χ0n) is 8.91. The van der Waals surface area contributed by atoms with Crippen LogP contribution < -0.4 is 0 Å². The standard InChI is InChI=1S/C10H11O6P/c1-15-17(14)16-10(13)5-3-7-2-4-8(11)9(12)6-7/h2-6,11-12,17H,1H3. The number of phenolic OH excluding ortho intramolecular Hbond substituents is 2. The monoisotopic (exact) mass is 258 g/mol. The van der Waals surface area contributed by atoms with Gasteiger partial charge in [0.2, 0.25) is 0 Å². The molecule has 92 valence electrons. The van der Waals surface area contributed by atoms with Crippen LogP contribution in [0.2, 0.25) is 0 Å². The van der Waals surface area contributed by atoms with Gasteiger partial charge in [0, 0.05) is 13.2 Å². The molecule has 0 aliphatic carbocycles. The van der Waals surface area contributed by atoms with Crippen LogP contribution >= 0.6 is 8.25 Å². The number of hydrogen-bond donors (Lipinski definition) is 2. The molecular formula is C10H11O6P. The third kappa shape index (κ3) is 4.30. The summed E-state index contributed by atoms with van der Waals surface area (Å²) in [5.74, 6) is -1.37. The van der Waals surface area contributed by atoms with Crippen LogP contribution in [0.5, 0.6) is 11.5 Å². The molecule has 0 radical (unpaired) electrons. The van der Waals surface area contributed by atoms with Gasteiger partial charge in [-0.2, -0.15) is 0 Å².